The van der Waals surface area contributed by atoms with Crippen LogP contribution in [0, 0.1) is 0 Å². The van der Waals surface area contributed by atoms with Gasteiger partial charge >= 0.3 is 6.94 Å². The van der Waals surface area contributed by atoms with Gasteiger partial charge in [-0.3, -0.25) is 0 Å². The molecule has 0 radical (unpaired) electrons. The molecule has 0 fully saturated rings. The topological polar surface area (TPSA) is 9.23 Å². The molecule has 0 aliphatic carbocycles. The highest BCUT2D eigenvalue weighted by atomic mass is 35.7. The van der Waals surface area contributed by atoms with Gasteiger partial charge in [0.15, 0.2) is 8.32 Å². The van der Waals surface area contributed by atoms with Crippen molar-refractivity contribution in [3.8, 4) is 0 Å². The van der Waals surface area contributed by atoms with Crippen molar-refractivity contribution in [1.29, 1.82) is 0 Å². The standard InChI is InChI=1S/C4H11Cl3OSi2/c1-9(2,4-5)8-10(3,6)7/h4H2,1-3H3. The minimum Gasteiger partial charge on any atom is -0.433 e. The fourth-order valence-corrected chi connectivity index (χ4v) is 8.86. The predicted molar refractivity (Wildman–Crippen MR) is 52.6 cm³/mol. The molecule has 0 saturated carbocycles. The van der Waals surface area contributed by atoms with Gasteiger partial charge in [-0.05, 0) is 19.6 Å². The van der Waals surface area contributed by atoms with Gasteiger partial charge in [-0.25, -0.2) is 0 Å². The van der Waals surface area contributed by atoms with Crippen LogP contribution in [0.15, 0.2) is 0 Å². The minimum absolute atomic E-state index is 0.537. The summed E-state index contributed by atoms with van der Waals surface area (Å²) in [7, 11) is -1.75. The van der Waals surface area contributed by atoms with Crippen molar-refractivity contribution in [1.82, 2.24) is 0 Å². The number of rotatable bonds is 3. The molecule has 0 rings (SSSR count). The van der Waals surface area contributed by atoms with E-state index in [1.165, 1.54) is 0 Å². The zero-order chi connectivity index (χ0) is 8.41. The average molecular weight is 238 g/mol. The first-order valence-electron chi connectivity index (χ1n) is 2.91. The van der Waals surface area contributed by atoms with Crippen molar-refractivity contribution in [3.63, 3.8) is 0 Å². The third-order valence-corrected chi connectivity index (χ3v) is 8.38. The van der Waals surface area contributed by atoms with Crippen LogP contribution in [0.3, 0.4) is 0 Å². The van der Waals surface area contributed by atoms with Crippen molar-refractivity contribution in [3.05, 3.63) is 0 Å². The molecule has 0 aliphatic rings. The molecule has 0 unspecified atom stereocenters. The summed E-state index contributed by atoms with van der Waals surface area (Å²) in [4.78, 5) is 0. The van der Waals surface area contributed by atoms with Gasteiger partial charge in [-0.1, -0.05) is 0 Å². The molecule has 1 nitrogen and oxygen atoms in total. The van der Waals surface area contributed by atoms with E-state index in [2.05, 4.69) is 0 Å². The van der Waals surface area contributed by atoms with Crippen LogP contribution in [0.5, 0.6) is 0 Å². The summed E-state index contributed by atoms with van der Waals surface area (Å²) in [5, 5.41) is 0. The second-order valence-corrected chi connectivity index (χ2v) is 14.7. The van der Waals surface area contributed by atoms with Gasteiger partial charge in [-0.2, -0.15) is 0 Å². The van der Waals surface area contributed by atoms with Crippen LogP contribution >= 0.6 is 33.8 Å². The summed E-state index contributed by atoms with van der Waals surface area (Å²) in [6.07, 6.45) is 0. The molecule has 10 heavy (non-hydrogen) atoms. The van der Waals surface area contributed by atoms with Crippen LogP contribution in [-0.2, 0) is 4.12 Å². The van der Waals surface area contributed by atoms with Crippen LogP contribution in [0.4, 0.5) is 0 Å². The van der Waals surface area contributed by atoms with Gasteiger partial charge in [0, 0.05) is 5.50 Å². The number of hydrogen-bond donors (Lipinski definition) is 0. The Morgan fingerprint density at radius 2 is 1.60 bits per heavy atom. The molecule has 62 valence electrons. The molecule has 0 N–H and O–H groups in total. The van der Waals surface area contributed by atoms with E-state index < -0.39 is 15.3 Å². The zero-order valence-electron chi connectivity index (χ0n) is 6.25. The monoisotopic (exact) mass is 236 g/mol. The molecule has 0 spiro atoms. The molecule has 0 aliphatic heterocycles. The lowest BCUT2D eigenvalue weighted by Gasteiger charge is -2.25. The lowest BCUT2D eigenvalue weighted by Crippen LogP contribution is -2.41. The van der Waals surface area contributed by atoms with Crippen molar-refractivity contribution in [2.45, 2.75) is 19.6 Å². The Morgan fingerprint density at radius 3 is 1.70 bits per heavy atom. The summed E-state index contributed by atoms with van der Waals surface area (Å²) >= 11 is 17.2. The zero-order valence-corrected chi connectivity index (χ0v) is 10.5. The molecule has 0 atom stereocenters. The van der Waals surface area contributed by atoms with Gasteiger partial charge in [0.1, 0.15) is 0 Å². The Balaban J connectivity index is 3.89. The molecule has 0 heterocycles. The van der Waals surface area contributed by atoms with Crippen LogP contribution in [0.25, 0.3) is 0 Å². The molecule has 6 heteroatoms. The third kappa shape index (κ3) is 6.01. The Morgan fingerprint density at radius 1 is 1.20 bits per heavy atom. The van der Waals surface area contributed by atoms with Gasteiger partial charge in [0.25, 0.3) is 0 Å². The van der Waals surface area contributed by atoms with Crippen LogP contribution < -0.4 is 0 Å². The largest absolute Gasteiger partial charge is 0.433 e. The van der Waals surface area contributed by atoms with Crippen molar-refractivity contribution >= 4 is 49.0 Å². The molecular weight excluding hydrogens is 227 g/mol. The Kier molecular flexibility index (Phi) is 4.26. The van der Waals surface area contributed by atoms with E-state index in [0.29, 0.717) is 5.50 Å². The minimum atomic E-state index is -2.39. The second kappa shape index (κ2) is 3.78. The molecule has 0 saturated heterocycles. The average Bonchev–Trinajstić information content (AvgIpc) is 1.60. The molecule has 0 aromatic heterocycles. The predicted octanol–water partition coefficient (Wildman–Crippen LogP) is 3.03. The van der Waals surface area contributed by atoms with Crippen LogP contribution in [0.2, 0.25) is 19.6 Å². The van der Waals surface area contributed by atoms with E-state index in [-0.39, 0.29) is 0 Å². The second-order valence-electron chi connectivity index (χ2n) is 2.80. The van der Waals surface area contributed by atoms with E-state index in [1.807, 2.05) is 13.1 Å². The lowest BCUT2D eigenvalue weighted by molar-refractivity contribution is 0.585. The first kappa shape index (κ1) is 11.3. The molecular formula is C4H11Cl3OSi2. The van der Waals surface area contributed by atoms with E-state index in [1.54, 1.807) is 6.55 Å². The van der Waals surface area contributed by atoms with E-state index >= 15 is 0 Å². The quantitative estimate of drug-likeness (QED) is 0.417. The maximum atomic E-state index is 5.75. The van der Waals surface area contributed by atoms with Gasteiger partial charge in [0.05, 0.1) is 0 Å². The van der Waals surface area contributed by atoms with E-state index in [0.717, 1.165) is 0 Å². The summed E-state index contributed by atoms with van der Waals surface area (Å²) in [5.41, 5.74) is 0.537. The fourth-order valence-electron chi connectivity index (χ4n) is 0.512. The first-order valence-corrected chi connectivity index (χ1v) is 11.0. The Bertz CT molecular complexity index is 112. The van der Waals surface area contributed by atoms with Gasteiger partial charge < -0.3 is 4.12 Å². The Hall–Kier alpha value is 1.26. The maximum absolute atomic E-state index is 5.75. The highest BCUT2D eigenvalue weighted by molar-refractivity contribution is 7.43. The van der Waals surface area contributed by atoms with Crippen LogP contribution in [0.1, 0.15) is 0 Å². The number of hydrogen-bond acceptors (Lipinski definition) is 1. The number of alkyl halides is 1. The highest BCUT2D eigenvalue weighted by Gasteiger charge is 2.33. The SMILES string of the molecule is C[Si](Cl)(Cl)O[Si](C)(C)CCl. The maximum Gasteiger partial charge on any atom is 0.376 e. The van der Waals surface area contributed by atoms with E-state index in [4.69, 9.17) is 37.9 Å². The van der Waals surface area contributed by atoms with Gasteiger partial charge in [0.2, 0.25) is 0 Å². The normalized spacial score (nSPS) is 13.8. The first-order chi connectivity index (χ1) is 4.27. The van der Waals surface area contributed by atoms with E-state index in [9.17, 15) is 0 Å². The highest BCUT2D eigenvalue weighted by Crippen LogP contribution is 2.21. The third-order valence-electron chi connectivity index (χ3n) is 0.777. The van der Waals surface area contributed by atoms with Crippen molar-refractivity contribution in [2.24, 2.45) is 0 Å². The molecule has 0 aromatic carbocycles. The summed E-state index contributed by atoms with van der Waals surface area (Å²) in [6.45, 7) is 3.33. The molecule has 0 aromatic rings. The van der Waals surface area contributed by atoms with Gasteiger partial charge in [-0.15, -0.1) is 33.8 Å². The van der Waals surface area contributed by atoms with Crippen molar-refractivity contribution < 1.29 is 4.12 Å². The lowest BCUT2D eigenvalue weighted by atomic mass is 11.8. The van der Waals surface area contributed by atoms with Crippen molar-refractivity contribution in [2.75, 3.05) is 5.50 Å². The smallest absolute Gasteiger partial charge is 0.376 e. The molecule has 0 amide bonds. The summed E-state index contributed by atoms with van der Waals surface area (Å²) in [5.74, 6) is 0. The molecule has 0 bridgehead atoms. The fraction of sp³-hybridized carbons (Fsp3) is 1.00. The van der Waals surface area contributed by atoms with Crippen LogP contribution in [-0.4, -0.2) is 20.8 Å². The summed E-state index contributed by atoms with van der Waals surface area (Å²) in [6, 6.07) is 0. The number of halogens is 3. The summed E-state index contributed by atoms with van der Waals surface area (Å²) < 4.78 is 5.45. The Labute approximate surface area is 78.3 Å².